The molecule has 8 bridgehead atoms. The van der Waals surface area contributed by atoms with E-state index in [1.807, 2.05) is 0 Å². The molecular weight excluding hydrogens is 779 g/mol. The quantitative estimate of drug-likeness (QED) is 0.262. The Hall–Kier alpha value is -5.76. The molecule has 5 aliphatic rings. The molecule has 5 aliphatic heterocycles. The molecule has 6 nitrogen and oxygen atoms in total. The second-order valence-corrected chi connectivity index (χ2v) is 11.9. The number of halogens is 15. The van der Waals surface area contributed by atoms with Crippen LogP contribution in [0.1, 0.15) is 5.56 Å². The minimum atomic E-state index is -8.54. The Bertz CT molecular complexity index is 2260. The van der Waals surface area contributed by atoms with Crippen molar-refractivity contribution >= 4 is 40.0 Å². The Morgan fingerprint density at radius 1 is 0.473 bits per heavy atom. The first kappa shape index (κ1) is 38.9. The van der Waals surface area contributed by atoms with E-state index >= 15 is 0 Å². The maximum Gasteiger partial charge on any atom is 0.460 e. The number of fused-ring (bicyclic) bond motifs is 4. The van der Waals surface area contributed by atoms with Gasteiger partial charge >= 0.3 is 47.6 Å². The Kier molecular flexibility index (Phi) is 8.96. The number of carbonyl (C=O) groups is 1. The number of carbonyl (C=O) groups excluding carboxylic acids is 1. The van der Waals surface area contributed by atoms with Gasteiger partial charge in [-0.25, -0.2) is 20.0 Å². The van der Waals surface area contributed by atoms with Gasteiger partial charge in [-0.1, -0.05) is 18.2 Å². The largest absolute Gasteiger partial charge is 0.460 e. The summed E-state index contributed by atoms with van der Waals surface area (Å²) in [5, 5.41) is 1.10. The van der Waals surface area contributed by atoms with Gasteiger partial charge in [0.15, 0.2) is 0 Å². The third-order valence-electron chi connectivity index (χ3n) is 8.12. The minimum absolute atomic E-state index is 0.0344. The van der Waals surface area contributed by atoms with E-state index in [2.05, 4.69) is 20.0 Å². The van der Waals surface area contributed by atoms with Crippen molar-refractivity contribution in [2.24, 2.45) is 20.0 Å². The van der Waals surface area contributed by atoms with Gasteiger partial charge in [0.1, 0.15) is 0 Å². The number of para-hydroxylation sites is 1. The lowest BCUT2D eigenvalue weighted by Crippen LogP contribution is -2.73. The van der Waals surface area contributed by atoms with Crippen molar-refractivity contribution in [1.82, 2.24) is 0 Å². The summed E-state index contributed by atoms with van der Waals surface area (Å²) in [6.45, 7) is 0. The van der Waals surface area contributed by atoms with Crippen LogP contribution >= 0.6 is 0 Å². The molecule has 1 aromatic carbocycles. The molecule has 0 atom stereocenters. The monoisotopic (exact) mass is 795 g/mol. The number of aliphatic imine (C=N–C) groups is 4. The van der Waals surface area contributed by atoms with Crippen molar-refractivity contribution in [2.45, 2.75) is 41.7 Å². The van der Waals surface area contributed by atoms with Crippen molar-refractivity contribution in [2.75, 3.05) is 5.32 Å². The van der Waals surface area contributed by atoms with Crippen LogP contribution in [0.4, 0.5) is 71.5 Å². The molecule has 0 saturated carbocycles. The third kappa shape index (κ3) is 6.27. The van der Waals surface area contributed by atoms with E-state index in [1.54, 1.807) is 42.5 Å². The first-order valence-corrected chi connectivity index (χ1v) is 15.0. The number of hydrogen-bond acceptors (Lipinski definition) is 5. The second-order valence-electron chi connectivity index (χ2n) is 11.9. The van der Waals surface area contributed by atoms with Gasteiger partial charge in [-0.2, -0.15) is 65.9 Å². The number of nitrogens with one attached hydrogen (secondary N) is 1. The molecule has 55 heavy (non-hydrogen) atoms. The summed E-state index contributed by atoms with van der Waals surface area (Å²) in [5.41, 5.74) is 1.26. The zero-order valence-electron chi connectivity index (χ0n) is 26.5. The molecule has 0 spiro atoms. The highest BCUT2D eigenvalue weighted by atomic mass is 19.4. The fraction of sp³-hybridized carbons (Fsp3) is 0.206. The number of hydrogen-bond donors (Lipinski definition) is 1. The highest BCUT2D eigenvalue weighted by Crippen LogP contribution is 2.62. The Balaban J connectivity index is 1.36. The maximum atomic E-state index is 14.8. The van der Waals surface area contributed by atoms with Crippen LogP contribution in [0.5, 0.6) is 0 Å². The van der Waals surface area contributed by atoms with Crippen LogP contribution in [0, 0.1) is 0 Å². The van der Waals surface area contributed by atoms with E-state index in [-0.39, 0.29) is 28.2 Å². The van der Waals surface area contributed by atoms with Gasteiger partial charge in [0.2, 0.25) is 0 Å². The molecule has 0 aliphatic carbocycles. The normalized spacial score (nSPS) is 18.9. The van der Waals surface area contributed by atoms with Gasteiger partial charge in [-0.05, 0) is 72.9 Å². The topological polar surface area (TPSA) is 78.5 Å². The molecule has 1 N–H and O–H groups in total. The molecule has 1 amide bonds. The van der Waals surface area contributed by atoms with Crippen molar-refractivity contribution in [3.63, 3.8) is 0 Å². The lowest BCUT2D eigenvalue weighted by Gasteiger charge is -2.41. The van der Waals surface area contributed by atoms with Crippen LogP contribution < -0.4 is 5.32 Å². The van der Waals surface area contributed by atoms with E-state index in [0.29, 0.717) is 28.5 Å². The summed E-state index contributed by atoms with van der Waals surface area (Å²) in [6.07, 6.45) is 9.34. The predicted molar refractivity (Wildman–Crippen MR) is 168 cm³/mol. The molecule has 0 aromatic heterocycles. The SMILES string of the molecule is O=C(Nc1ccccc1C1=CC2=CC3=NC(=CC4=NC(=CC5=NC(=CC1=N2)C=C5)C=C4)C=C3)C(F)(F)C(F)(F)C(F)(F)C(F)(F)C(F)(F)C(F)(F)C(F)(F)F. The predicted octanol–water partition coefficient (Wildman–Crippen LogP) is 9.42. The number of anilines is 1. The Morgan fingerprint density at radius 3 is 1.42 bits per heavy atom. The summed E-state index contributed by atoms with van der Waals surface area (Å²) in [7, 11) is 0. The molecule has 0 radical (unpaired) electrons. The van der Waals surface area contributed by atoms with Crippen LogP contribution in [0.2, 0.25) is 0 Å². The van der Waals surface area contributed by atoms with Crippen molar-refractivity contribution < 1.29 is 70.7 Å². The average molecular weight is 796 g/mol. The molecule has 0 fully saturated rings. The van der Waals surface area contributed by atoms with Crippen molar-refractivity contribution in [3.05, 3.63) is 119 Å². The van der Waals surface area contributed by atoms with Gasteiger partial charge in [-0.3, -0.25) is 4.79 Å². The Morgan fingerprint density at radius 2 is 0.909 bits per heavy atom. The summed E-state index contributed by atoms with van der Waals surface area (Å²) in [5.74, 6) is -52.3. The molecule has 0 unspecified atom stereocenters. The van der Waals surface area contributed by atoms with E-state index < -0.39 is 53.3 Å². The lowest BCUT2D eigenvalue weighted by molar-refractivity contribution is -0.449. The standard InChI is InChI=1S/C34H16F15N5O/c35-28(36,29(37,38)30(39,40)31(41,42)32(43,44)33(45,46)34(47,48)49)27(55)54-25-4-2-1-3-23(25)24-14-22-13-20-8-7-18(51-20)11-16-5-6-17(50-16)12-19-9-10-21(52-19)15-26(24)53-22/h1-15H,(H,54,55). The minimum Gasteiger partial charge on any atom is -0.320 e. The first-order chi connectivity index (χ1) is 25.3. The van der Waals surface area contributed by atoms with E-state index in [1.165, 1.54) is 30.4 Å². The van der Waals surface area contributed by atoms with Crippen molar-refractivity contribution in [1.29, 1.82) is 0 Å². The molecule has 5 heterocycles. The summed E-state index contributed by atoms with van der Waals surface area (Å²) >= 11 is 0. The maximum absolute atomic E-state index is 14.8. The van der Waals surface area contributed by atoms with Gasteiger partial charge < -0.3 is 5.32 Å². The second kappa shape index (κ2) is 12.7. The fourth-order valence-electron chi connectivity index (χ4n) is 5.25. The van der Waals surface area contributed by atoms with Gasteiger partial charge in [-0.15, -0.1) is 0 Å². The molecule has 21 heteroatoms. The molecule has 1 aromatic rings. The fourth-order valence-corrected chi connectivity index (χ4v) is 5.25. The van der Waals surface area contributed by atoms with E-state index in [0.717, 1.165) is 23.5 Å². The molecule has 0 saturated heterocycles. The number of benzene rings is 1. The van der Waals surface area contributed by atoms with Crippen molar-refractivity contribution in [3.8, 4) is 0 Å². The molecule has 288 valence electrons. The van der Waals surface area contributed by atoms with Crippen LogP contribution in [0.25, 0.3) is 5.57 Å². The number of amides is 1. The smallest absolute Gasteiger partial charge is 0.320 e. The molecular formula is C34H16F15N5O. The van der Waals surface area contributed by atoms with Crippen LogP contribution in [0.3, 0.4) is 0 Å². The van der Waals surface area contributed by atoms with E-state index in [4.69, 9.17) is 0 Å². The summed E-state index contributed by atoms with van der Waals surface area (Å²) < 4.78 is 207. The third-order valence-corrected chi connectivity index (χ3v) is 8.12. The number of rotatable bonds is 8. The summed E-state index contributed by atoms with van der Waals surface area (Å²) in [4.78, 5) is 30.2. The van der Waals surface area contributed by atoms with Gasteiger partial charge in [0.05, 0.1) is 45.6 Å². The summed E-state index contributed by atoms with van der Waals surface area (Å²) in [6, 6.07) is 4.00. The average Bonchev–Trinajstić information content (AvgIpc) is 3.90. The highest BCUT2D eigenvalue weighted by molar-refractivity contribution is 6.33. The van der Waals surface area contributed by atoms with Gasteiger partial charge in [0.25, 0.3) is 0 Å². The van der Waals surface area contributed by atoms with Crippen LogP contribution in [0.15, 0.2) is 134 Å². The lowest BCUT2D eigenvalue weighted by atomic mass is 9.90. The Labute approximate surface area is 297 Å². The highest BCUT2D eigenvalue weighted by Gasteiger charge is 2.94. The number of nitrogens with zero attached hydrogens (tertiary/aromatic N) is 4. The van der Waals surface area contributed by atoms with Gasteiger partial charge in [0, 0.05) is 16.8 Å². The van der Waals surface area contributed by atoms with E-state index in [9.17, 15) is 70.7 Å². The zero-order chi connectivity index (χ0) is 40.6. The molecule has 6 rings (SSSR count). The number of alkyl halides is 15. The van der Waals surface area contributed by atoms with Crippen LogP contribution in [-0.2, 0) is 4.79 Å². The first-order valence-electron chi connectivity index (χ1n) is 15.0. The van der Waals surface area contributed by atoms with Crippen LogP contribution in [-0.4, -0.2) is 70.5 Å². The number of allylic oxidation sites excluding steroid dienone is 12. The zero-order valence-corrected chi connectivity index (χ0v) is 26.5.